The van der Waals surface area contributed by atoms with Gasteiger partial charge < -0.3 is 15.0 Å². The van der Waals surface area contributed by atoms with Crippen LogP contribution in [0.4, 0.5) is 24.0 Å². The van der Waals surface area contributed by atoms with E-state index in [1.165, 1.54) is 52.2 Å². The van der Waals surface area contributed by atoms with Gasteiger partial charge in [0, 0.05) is 10.6 Å². The second kappa shape index (κ2) is 8.37. The highest BCUT2D eigenvalue weighted by molar-refractivity contribution is 8.00. The fourth-order valence-electron chi connectivity index (χ4n) is 3.43. The molecule has 13 heteroatoms. The van der Waals surface area contributed by atoms with Crippen LogP contribution in [0, 0.1) is 0 Å². The van der Waals surface area contributed by atoms with Crippen molar-refractivity contribution in [3.05, 3.63) is 50.9 Å². The van der Waals surface area contributed by atoms with Crippen molar-refractivity contribution in [1.82, 2.24) is 20.2 Å². The second-order valence-electron chi connectivity index (χ2n) is 6.91. The van der Waals surface area contributed by atoms with Crippen molar-refractivity contribution >= 4 is 55.5 Å². The standard InChI is InChI=1S/C19H14F3N5O2S3/c20-19(21,22)29-10-6-4-9(5-7-10)23-17-26-27-18(32-17)30-8-13-24-15(28)14-11-2-1-3-12(11)31-16(14)25-13/h4-7H,1-3,8H2,(H,23,26)(H,24,25,28). The molecule has 0 radical (unpaired) electrons. The van der Waals surface area contributed by atoms with Gasteiger partial charge in [0.25, 0.3) is 5.56 Å². The third kappa shape index (κ3) is 4.59. The van der Waals surface area contributed by atoms with Crippen LogP contribution in [0.2, 0.25) is 0 Å². The molecular formula is C19H14F3N5O2S3. The highest BCUT2D eigenvalue weighted by atomic mass is 32.2. The molecular weight excluding hydrogens is 483 g/mol. The maximum atomic E-state index is 12.5. The van der Waals surface area contributed by atoms with Crippen LogP contribution in [-0.2, 0) is 18.6 Å². The molecule has 0 bridgehead atoms. The van der Waals surface area contributed by atoms with E-state index in [0.717, 1.165) is 35.0 Å². The quantitative estimate of drug-likeness (QED) is 0.351. The molecule has 0 spiro atoms. The number of nitrogens with one attached hydrogen (secondary N) is 2. The molecule has 32 heavy (non-hydrogen) atoms. The van der Waals surface area contributed by atoms with Crippen molar-refractivity contribution in [2.24, 2.45) is 0 Å². The first kappa shape index (κ1) is 21.2. The van der Waals surface area contributed by atoms with Gasteiger partial charge in [-0.05, 0) is 49.1 Å². The van der Waals surface area contributed by atoms with Gasteiger partial charge in [0.1, 0.15) is 16.4 Å². The number of hydrogen-bond donors (Lipinski definition) is 2. The van der Waals surface area contributed by atoms with Crippen molar-refractivity contribution < 1.29 is 17.9 Å². The number of halogens is 3. The van der Waals surface area contributed by atoms with E-state index in [9.17, 15) is 18.0 Å². The van der Waals surface area contributed by atoms with Crippen molar-refractivity contribution in [3.63, 3.8) is 0 Å². The van der Waals surface area contributed by atoms with E-state index in [0.29, 0.717) is 26.7 Å². The summed E-state index contributed by atoms with van der Waals surface area (Å²) in [6.45, 7) is 0. The Morgan fingerprint density at radius 3 is 2.75 bits per heavy atom. The summed E-state index contributed by atoms with van der Waals surface area (Å²) in [6.07, 6.45) is -1.69. The zero-order valence-corrected chi connectivity index (χ0v) is 18.6. The predicted molar refractivity (Wildman–Crippen MR) is 118 cm³/mol. The number of hydrogen-bond acceptors (Lipinski definition) is 9. The number of alkyl halides is 3. The van der Waals surface area contributed by atoms with Crippen LogP contribution in [0.3, 0.4) is 0 Å². The van der Waals surface area contributed by atoms with E-state index in [4.69, 9.17) is 0 Å². The highest BCUT2D eigenvalue weighted by Crippen LogP contribution is 2.35. The minimum atomic E-state index is -4.73. The first-order chi connectivity index (χ1) is 15.3. The van der Waals surface area contributed by atoms with Crippen LogP contribution in [0.15, 0.2) is 33.4 Å². The first-order valence-electron chi connectivity index (χ1n) is 9.47. The van der Waals surface area contributed by atoms with Crippen LogP contribution in [-0.4, -0.2) is 26.5 Å². The molecule has 5 rings (SSSR count). The summed E-state index contributed by atoms with van der Waals surface area (Å²) >= 11 is 4.28. The third-order valence-corrected chi connectivity index (χ3v) is 7.87. The molecule has 1 aromatic carbocycles. The molecule has 0 aliphatic heterocycles. The normalized spacial score (nSPS) is 13.5. The van der Waals surface area contributed by atoms with E-state index in [1.807, 2.05) is 0 Å². The topological polar surface area (TPSA) is 92.8 Å². The fraction of sp³-hybridized carbons (Fsp3) is 0.263. The molecule has 4 aromatic rings. The lowest BCUT2D eigenvalue weighted by atomic mass is 10.2. The number of thioether (sulfide) groups is 1. The van der Waals surface area contributed by atoms with Crippen molar-refractivity contribution in [3.8, 4) is 5.75 Å². The lowest BCUT2D eigenvalue weighted by Crippen LogP contribution is -2.16. The van der Waals surface area contributed by atoms with Crippen LogP contribution < -0.4 is 15.6 Å². The van der Waals surface area contributed by atoms with Crippen LogP contribution in [0.1, 0.15) is 22.7 Å². The molecule has 1 aliphatic rings. The van der Waals surface area contributed by atoms with E-state index in [1.54, 1.807) is 11.3 Å². The Hall–Kier alpha value is -2.64. The number of H-pyrrole nitrogens is 1. The summed E-state index contributed by atoms with van der Waals surface area (Å²) in [5.74, 6) is 0.717. The average Bonchev–Trinajstić information content (AvgIpc) is 3.42. The van der Waals surface area contributed by atoms with Crippen molar-refractivity contribution in [2.45, 2.75) is 35.7 Å². The van der Waals surface area contributed by atoms with Crippen molar-refractivity contribution in [1.29, 1.82) is 0 Å². The monoisotopic (exact) mass is 497 g/mol. The second-order valence-corrected chi connectivity index (χ2v) is 10.2. The number of thiophene rings is 1. The number of nitrogens with zero attached hydrogens (tertiary/aromatic N) is 3. The minimum Gasteiger partial charge on any atom is -0.406 e. The average molecular weight is 498 g/mol. The molecule has 0 unspecified atom stereocenters. The number of aromatic nitrogens is 4. The van der Waals surface area contributed by atoms with Gasteiger partial charge in [0.05, 0.1) is 11.1 Å². The largest absolute Gasteiger partial charge is 0.573 e. The number of aryl methyl sites for hydroxylation is 2. The fourth-order valence-corrected chi connectivity index (χ4v) is 6.35. The van der Waals surface area contributed by atoms with Gasteiger partial charge >= 0.3 is 6.36 Å². The summed E-state index contributed by atoms with van der Waals surface area (Å²) in [5.41, 5.74) is 1.60. The maximum Gasteiger partial charge on any atom is 0.573 e. The highest BCUT2D eigenvalue weighted by Gasteiger charge is 2.31. The molecule has 0 saturated heterocycles. The molecule has 0 amide bonds. The van der Waals surface area contributed by atoms with Gasteiger partial charge in [0.15, 0.2) is 4.34 Å². The smallest absolute Gasteiger partial charge is 0.406 e. The first-order valence-corrected chi connectivity index (χ1v) is 12.1. The zero-order chi connectivity index (χ0) is 22.3. The number of ether oxygens (including phenoxy) is 1. The molecule has 0 saturated carbocycles. The lowest BCUT2D eigenvalue weighted by molar-refractivity contribution is -0.274. The summed E-state index contributed by atoms with van der Waals surface area (Å²) in [4.78, 5) is 22.1. The van der Waals surface area contributed by atoms with E-state index >= 15 is 0 Å². The number of benzene rings is 1. The van der Waals surface area contributed by atoms with E-state index in [2.05, 4.69) is 30.2 Å². The van der Waals surface area contributed by atoms with Crippen LogP contribution >= 0.6 is 34.4 Å². The summed E-state index contributed by atoms with van der Waals surface area (Å²) in [6, 6.07) is 5.34. The lowest BCUT2D eigenvalue weighted by Gasteiger charge is -2.09. The number of rotatable bonds is 6. The Morgan fingerprint density at radius 1 is 1.16 bits per heavy atom. The zero-order valence-electron chi connectivity index (χ0n) is 16.2. The van der Waals surface area contributed by atoms with E-state index in [-0.39, 0.29) is 11.3 Å². The Labute approximate surface area is 191 Å². The van der Waals surface area contributed by atoms with Gasteiger partial charge in [-0.25, -0.2) is 4.98 Å². The van der Waals surface area contributed by atoms with Gasteiger partial charge in [-0.3, -0.25) is 4.79 Å². The SMILES string of the molecule is O=c1[nH]c(CSc2nnc(Nc3ccc(OC(F)(F)F)cc3)s2)nc2sc3c(c12)CCC3. The molecule has 7 nitrogen and oxygen atoms in total. The molecule has 1 aliphatic carbocycles. The maximum absolute atomic E-state index is 12.5. The number of aromatic amines is 1. The minimum absolute atomic E-state index is 0.0948. The Balaban J connectivity index is 1.23. The molecule has 0 atom stereocenters. The predicted octanol–water partition coefficient (Wildman–Crippen LogP) is 5.26. The number of fused-ring (bicyclic) bond motifs is 3. The number of anilines is 2. The Morgan fingerprint density at radius 2 is 1.97 bits per heavy atom. The Kier molecular flexibility index (Phi) is 5.55. The summed E-state index contributed by atoms with van der Waals surface area (Å²) < 4.78 is 41.2. The molecule has 3 heterocycles. The molecule has 0 fully saturated rings. The van der Waals surface area contributed by atoms with Crippen LogP contribution in [0.25, 0.3) is 10.2 Å². The van der Waals surface area contributed by atoms with Crippen molar-refractivity contribution in [2.75, 3.05) is 5.32 Å². The molecule has 166 valence electrons. The Bertz CT molecular complexity index is 1330. The molecule has 2 N–H and O–H groups in total. The van der Waals surface area contributed by atoms with Gasteiger partial charge in [-0.1, -0.05) is 23.1 Å². The third-order valence-electron chi connectivity index (χ3n) is 4.70. The summed E-state index contributed by atoms with van der Waals surface area (Å²) in [5, 5.41) is 12.3. The van der Waals surface area contributed by atoms with Gasteiger partial charge in [0.2, 0.25) is 5.13 Å². The summed E-state index contributed by atoms with van der Waals surface area (Å²) in [7, 11) is 0. The van der Waals surface area contributed by atoms with Gasteiger partial charge in [-0.15, -0.1) is 34.7 Å². The van der Waals surface area contributed by atoms with Crippen LogP contribution in [0.5, 0.6) is 5.75 Å². The molecule has 3 aromatic heterocycles. The van der Waals surface area contributed by atoms with E-state index < -0.39 is 6.36 Å². The van der Waals surface area contributed by atoms with Gasteiger partial charge in [-0.2, -0.15) is 0 Å².